The predicted octanol–water partition coefficient (Wildman–Crippen LogP) is 4.66. The van der Waals surface area contributed by atoms with Gasteiger partial charge < -0.3 is 10.2 Å². The van der Waals surface area contributed by atoms with Crippen LogP contribution in [0, 0.1) is 0 Å². The van der Waals surface area contributed by atoms with Crippen molar-refractivity contribution in [3.63, 3.8) is 0 Å². The molecule has 0 bridgehead atoms. The topological polar surface area (TPSA) is 45.2 Å². The number of aromatic nitrogens is 1. The Bertz CT molecular complexity index is 939. The van der Waals surface area contributed by atoms with Gasteiger partial charge >= 0.3 is 0 Å². The number of carbonyl (C=O) groups excluding carboxylic acids is 1. The van der Waals surface area contributed by atoms with Crippen molar-refractivity contribution < 1.29 is 4.79 Å². The molecule has 136 valence electrons. The summed E-state index contributed by atoms with van der Waals surface area (Å²) in [5.74, 6) is 0.625. The second-order valence-corrected chi connectivity index (χ2v) is 6.86. The maximum Gasteiger partial charge on any atom is 0.255 e. The highest BCUT2D eigenvalue weighted by molar-refractivity contribution is 6.00. The highest BCUT2D eigenvalue weighted by Gasteiger charge is 2.24. The first-order valence-corrected chi connectivity index (χ1v) is 9.40. The van der Waals surface area contributed by atoms with E-state index < -0.39 is 0 Å². The standard InChI is InChI=1S/C23H23N3O/c1-17(18-9-3-2-4-10-18)25-23(27)20-13-7-15-24-22(20)26-16-8-12-19-11-5-6-14-21(19)26/h2-7,9-11,13-15,17H,8,12,16H2,1H3,(H,25,27). The minimum Gasteiger partial charge on any atom is -0.345 e. The number of nitrogens with zero attached hydrogens (tertiary/aromatic N) is 2. The quantitative estimate of drug-likeness (QED) is 0.739. The third kappa shape index (κ3) is 3.56. The summed E-state index contributed by atoms with van der Waals surface area (Å²) < 4.78 is 0. The Labute approximate surface area is 159 Å². The molecular formula is C23H23N3O. The van der Waals surface area contributed by atoms with Crippen LogP contribution in [0.5, 0.6) is 0 Å². The molecule has 0 fully saturated rings. The first-order valence-electron chi connectivity index (χ1n) is 9.40. The zero-order chi connectivity index (χ0) is 18.6. The molecule has 2 heterocycles. The van der Waals surface area contributed by atoms with E-state index in [-0.39, 0.29) is 11.9 Å². The molecule has 1 aliphatic rings. The van der Waals surface area contributed by atoms with E-state index in [9.17, 15) is 4.79 Å². The molecule has 0 spiro atoms. The van der Waals surface area contributed by atoms with Gasteiger partial charge in [0.15, 0.2) is 0 Å². The highest BCUT2D eigenvalue weighted by Crippen LogP contribution is 2.34. The van der Waals surface area contributed by atoms with E-state index in [1.165, 1.54) is 5.56 Å². The summed E-state index contributed by atoms with van der Waals surface area (Å²) in [5, 5.41) is 3.11. The van der Waals surface area contributed by atoms with Crippen LogP contribution in [0.4, 0.5) is 11.5 Å². The van der Waals surface area contributed by atoms with Crippen LogP contribution in [0.3, 0.4) is 0 Å². The number of para-hydroxylation sites is 1. The summed E-state index contributed by atoms with van der Waals surface area (Å²) >= 11 is 0. The molecule has 4 nitrogen and oxygen atoms in total. The number of carbonyl (C=O) groups is 1. The molecule has 1 aliphatic heterocycles. The second kappa shape index (κ2) is 7.62. The Morgan fingerprint density at radius 1 is 1.04 bits per heavy atom. The molecule has 1 N–H and O–H groups in total. The maximum atomic E-state index is 13.0. The third-order valence-corrected chi connectivity index (χ3v) is 5.04. The van der Waals surface area contributed by atoms with E-state index in [1.807, 2.05) is 55.5 Å². The Kier molecular flexibility index (Phi) is 4.88. The molecule has 4 rings (SSSR count). The number of anilines is 2. The average Bonchev–Trinajstić information content (AvgIpc) is 2.74. The fourth-order valence-electron chi connectivity index (χ4n) is 3.64. The Hall–Kier alpha value is -3.14. The van der Waals surface area contributed by atoms with Gasteiger partial charge in [-0.15, -0.1) is 0 Å². The van der Waals surface area contributed by atoms with Crippen molar-refractivity contribution in [2.24, 2.45) is 0 Å². The van der Waals surface area contributed by atoms with Gasteiger partial charge in [0.1, 0.15) is 5.82 Å². The third-order valence-electron chi connectivity index (χ3n) is 5.04. The molecule has 0 aliphatic carbocycles. The van der Waals surface area contributed by atoms with E-state index >= 15 is 0 Å². The summed E-state index contributed by atoms with van der Waals surface area (Å²) in [7, 11) is 0. The molecule has 0 saturated heterocycles. The van der Waals surface area contributed by atoms with Gasteiger partial charge in [0, 0.05) is 18.4 Å². The maximum absolute atomic E-state index is 13.0. The number of hydrogen-bond donors (Lipinski definition) is 1. The van der Waals surface area contributed by atoms with E-state index in [1.54, 1.807) is 6.20 Å². The lowest BCUT2D eigenvalue weighted by molar-refractivity contribution is 0.0940. The number of nitrogens with one attached hydrogen (secondary N) is 1. The van der Waals surface area contributed by atoms with Crippen LogP contribution in [-0.2, 0) is 6.42 Å². The SMILES string of the molecule is CC(NC(=O)c1cccnc1N1CCCc2ccccc21)c1ccccc1. The fourth-order valence-corrected chi connectivity index (χ4v) is 3.64. The van der Waals surface area contributed by atoms with Crippen LogP contribution in [0.2, 0.25) is 0 Å². The molecule has 1 unspecified atom stereocenters. The fraction of sp³-hybridized carbons (Fsp3) is 0.217. The number of benzene rings is 2. The molecule has 2 aromatic carbocycles. The van der Waals surface area contributed by atoms with Crippen LogP contribution >= 0.6 is 0 Å². The van der Waals surface area contributed by atoms with Crippen LogP contribution in [0.15, 0.2) is 72.9 Å². The summed E-state index contributed by atoms with van der Waals surface area (Å²) in [5.41, 5.74) is 4.14. The van der Waals surface area contributed by atoms with Crippen LogP contribution in [-0.4, -0.2) is 17.4 Å². The van der Waals surface area contributed by atoms with E-state index in [0.29, 0.717) is 5.56 Å². The number of amides is 1. The number of fused-ring (bicyclic) bond motifs is 1. The first kappa shape index (κ1) is 17.3. The Morgan fingerprint density at radius 2 is 1.81 bits per heavy atom. The zero-order valence-electron chi connectivity index (χ0n) is 15.4. The molecule has 27 heavy (non-hydrogen) atoms. The Morgan fingerprint density at radius 3 is 2.67 bits per heavy atom. The van der Waals surface area contributed by atoms with Gasteiger partial charge in [-0.05, 0) is 49.1 Å². The van der Waals surface area contributed by atoms with Crippen molar-refractivity contribution in [3.8, 4) is 0 Å². The minimum absolute atomic E-state index is 0.0691. The highest BCUT2D eigenvalue weighted by atomic mass is 16.1. The summed E-state index contributed by atoms with van der Waals surface area (Å²) in [4.78, 5) is 19.8. The molecule has 1 amide bonds. The molecule has 1 atom stereocenters. The van der Waals surface area contributed by atoms with Gasteiger partial charge in [-0.25, -0.2) is 4.98 Å². The lowest BCUT2D eigenvalue weighted by Gasteiger charge is -2.31. The summed E-state index contributed by atoms with van der Waals surface area (Å²) in [6.45, 7) is 2.86. The number of rotatable bonds is 4. The van der Waals surface area contributed by atoms with Gasteiger partial charge in [-0.2, -0.15) is 0 Å². The van der Waals surface area contributed by atoms with Gasteiger partial charge in [0.05, 0.1) is 11.6 Å². The number of hydrogen-bond acceptors (Lipinski definition) is 3. The minimum atomic E-state index is -0.0995. The Balaban J connectivity index is 1.63. The smallest absolute Gasteiger partial charge is 0.255 e. The van der Waals surface area contributed by atoms with Gasteiger partial charge in [0.25, 0.3) is 5.91 Å². The van der Waals surface area contributed by atoms with Crippen LogP contribution in [0.1, 0.15) is 40.9 Å². The number of aryl methyl sites for hydroxylation is 1. The van der Waals surface area contributed by atoms with E-state index in [0.717, 1.165) is 36.5 Å². The normalized spacial score (nSPS) is 14.3. The monoisotopic (exact) mass is 357 g/mol. The molecular weight excluding hydrogens is 334 g/mol. The van der Waals surface area contributed by atoms with Gasteiger partial charge in [0.2, 0.25) is 0 Å². The van der Waals surface area contributed by atoms with Gasteiger partial charge in [-0.1, -0.05) is 48.5 Å². The second-order valence-electron chi connectivity index (χ2n) is 6.86. The van der Waals surface area contributed by atoms with E-state index in [2.05, 4.69) is 33.4 Å². The number of pyridine rings is 1. The zero-order valence-corrected chi connectivity index (χ0v) is 15.4. The lowest BCUT2D eigenvalue weighted by Crippen LogP contribution is -2.31. The summed E-state index contributed by atoms with van der Waals surface area (Å²) in [6.07, 6.45) is 3.87. The predicted molar refractivity (Wildman–Crippen MR) is 108 cm³/mol. The first-order chi connectivity index (χ1) is 13.2. The molecule has 1 aromatic heterocycles. The molecule has 4 heteroatoms. The molecule has 0 radical (unpaired) electrons. The van der Waals surface area contributed by atoms with Crippen LogP contribution < -0.4 is 10.2 Å². The lowest BCUT2D eigenvalue weighted by atomic mass is 10.0. The van der Waals surface area contributed by atoms with Gasteiger partial charge in [-0.3, -0.25) is 4.79 Å². The van der Waals surface area contributed by atoms with E-state index in [4.69, 9.17) is 0 Å². The van der Waals surface area contributed by atoms with Crippen molar-refractivity contribution in [1.29, 1.82) is 0 Å². The molecule has 0 saturated carbocycles. The average molecular weight is 357 g/mol. The largest absolute Gasteiger partial charge is 0.345 e. The summed E-state index contributed by atoms with van der Waals surface area (Å²) in [6, 6.07) is 22.0. The van der Waals surface area contributed by atoms with Crippen molar-refractivity contribution in [3.05, 3.63) is 89.6 Å². The van der Waals surface area contributed by atoms with Crippen molar-refractivity contribution in [2.45, 2.75) is 25.8 Å². The van der Waals surface area contributed by atoms with Crippen molar-refractivity contribution in [1.82, 2.24) is 10.3 Å². The van der Waals surface area contributed by atoms with Crippen LogP contribution in [0.25, 0.3) is 0 Å². The molecule has 3 aromatic rings. The van der Waals surface area contributed by atoms with Crippen molar-refractivity contribution >= 4 is 17.4 Å². The van der Waals surface area contributed by atoms with Crippen molar-refractivity contribution in [2.75, 3.05) is 11.4 Å².